The number of aliphatic hydroxyl groups is 1. The van der Waals surface area contributed by atoms with Gasteiger partial charge in [-0.2, -0.15) is 0 Å². The second kappa shape index (κ2) is 8.76. The minimum Gasteiger partial charge on any atom is -0.480 e. The first kappa shape index (κ1) is 16.7. The van der Waals surface area contributed by atoms with E-state index < -0.39 is 5.97 Å². The van der Waals surface area contributed by atoms with Crippen LogP contribution in [0.2, 0.25) is 0 Å². The molecule has 1 heterocycles. The molecule has 0 aromatic carbocycles. The van der Waals surface area contributed by atoms with Gasteiger partial charge in [-0.3, -0.25) is 9.69 Å². The van der Waals surface area contributed by atoms with Gasteiger partial charge in [-0.15, -0.1) is 0 Å². The van der Waals surface area contributed by atoms with Gasteiger partial charge in [-0.1, -0.05) is 0 Å². The number of piperazine rings is 1. The predicted molar refractivity (Wildman–Crippen MR) is 74.6 cm³/mol. The molecule has 7 nitrogen and oxygen atoms in total. The van der Waals surface area contributed by atoms with E-state index >= 15 is 0 Å². The third-order valence-electron chi connectivity index (χ3n) is 3.48. The van der Waals surface area contributed by atoms with Crippen molar-refractivity contribution >= 4 is 12.0 Å². The van der Waals surface area contributed by atoms with E-state index in [9.17, 15) is 9.59 Å². The van der Waals surface area contributed by atoms with Crippen molar-refractivity contribution < 1.29 is 19.8 Å². The summed E-state index contributed by atoms with van der Waals surface area (Å²) >= 11 is 0. The van der Waals surface area contributed by atoms with Gasteiger partial charge in [0.1, 0.15) is 0 Å². The molecule has 0 unspecified atom stereocenters. The number of nitrogens with zero attached hydrogens (tertiary/aromatic N) is 3. The highest BCUT2D eigenvalue weighted by Gasteiger charge is 2.24. The average Bonchev–Trinajstić information content (AvgIpc) is 2.43. The molecule has 0 spiro atoms. The Labute approximate surface area is 119 Å². The number of unbranched alkanes of at least 4 members (excludes halogenated alkanes) is 2. The molecule has 0 aromatic rings. The molecule has 1 aliphatic heterocycles. The maximum absolute atomic E-state index is 12.2. The zero-order chi connectivity index (χ0) is 15.0. The number of aliphatic carboxylic acids is 1. The molecule has 1 aliphatic rings. The molecular formula is C13H25N3O4. The third-order valence-corrected chi connectivity index (χ3v) is 3.48. The average molecular weight is 287 g/mol. The lowest BCUT2D eigenvalue weighted by molar-refractivity contribution is -0.138. The van der Waals surface area contributed by atoms with E-state index in [1.54, 1.807) is 16.8 Å². The van der Waals surface area contributed by atoms with Gasteiger partial charge in [0.05, 0.1) is 6.54 Å². The van der Waals surface area contributed by atoms with Crippen LogP contribution < -0.4 is 0 Å². The Morgan fingerprint density at radius 3 is 2.30 bits per heavy atom. The van der Waals surface area contributed by atoms with Crippen molar-refractivity contribution in [3.8, 4) is 0 Å². The number of carbonyl (C=O) groups is 2. The number of hydrogen-bond donors (Lipinski definition) is 2. The zero-order valence-corrected chi connectivity index (χ0v) is 12.1. The van der Waals surface area contributed by atoms with E-state index in [-0.39, 0.29) is 19.2 Å². The van der Waals surface area contributed by atoms with Crippen LogP contribution in [0.3, 0.4) is 0 Å². The van der Waals surface area contributed by atoms with Gasteiger partial charge in [-0.25, -0.2) is 4.79 Å². The second-order valence-corrected chi connectivity index (χ2v) is 5.15. The van der Waals surface area contributed by atoms with E-state index in [0.717, 1.165) is 19.3 Å². The van der Waals surface area contributed by atoms with Crippen LogP contribution in [-0.2, 0) is 4.79 Å². The summed E-state index contributed by atoms with van der Waals surface area (Å²) < 4.78 is 0. The summed E-state index contributed by atoms with van der Waals surface area (Å²) in [5.41, 5.74) is 0. The lowest BCUT2D eigenvalue weighted by Crippen LogP contribution is -2.53. The van der Waals surface area contributed by atoms with Crippen LogP contribution in [0.5, 0.6) is 0 Å². The number of amides is 2. The van der Waals surface area contributed by atoms with E-state index in [1.165, 1.54) is 0 Å². The van der Waals surface area contributed by atoms with Crippen LogP contribution >= 0.6 is 0 Å². The Morgan fingerprint density at radius 2 is 1.75 bits per heavy atom. The fourth-order valence-electron chi connectivity index (χ4n) is 2.26. The van der Waals surface area contributed by atoms with E-state index in [0.29, 0.717) is 32.7 Å². The number of urea groups is 1. The van der Waals surface area contributed by atoms with Crippen LogP contribution in [0, 0.1) is 0 Å². The molecule has 2 N–H and O–H groups in total. The quantitative estimate of drug-likeness (QED) is 0.639. The normalized spacial score (nSPS) is 16.2. The van der Waals surface area contributed by atoms with Crippen LogP contribution in [0.15, 0.2) is 0 Å². The number of hydrogen-bond acceptors (Lipinski definition) is 4. The number of rotatable bonds is 7. The zero-order valence-electron chi connectivity index (χ0n) is 12.1. The van der Waals surface area contributed by atoms with Crippen molar-refractivity contribution in [2.45, 2.75) is 19.3 Å². The highest BCUT2D eigenvalue weighted by Crippen LogP contribution is 2.06. The molecule has 0 bridgehead atoms. The van der Waals surface area contributed by atoms with Crippen LogP contribution in [0.1, 0.15) is 19.3 Å². The first-order valence-electron chi connectivity index (χ1n) is 7.09. The first-order valence-corrected chi connectivity index (χ1v) is 7.09. The Kier molecular flexibility index (Phi) is 7.32. The molecule has 2 amide bonds. The molecule has 0 radical (unpaired) electrons. The number of carbonyl (C=O) groups excluding carboxylic acids is 1. The smallest absolute Gasteiger partial charge is 0.319 e. The van der Waals surface area contributed by atoms with Gasteiger partial charge in [0, 0.05) is 46.4 Å². The summed E-state index contributed by atoms with van der Waals surface area (Å²) in [7, 11) is 1.78. The molecule has 1 rings (SSSR count). The maximum Gasteiger partial charge on any atom is 0.319 e. The topological polar surface area (TPSA) is 84.3 Å². The van der Waals surface area contributed by atoms with Crippen LogP contribution in [0.25, 0.3) is 0 Å². The molecule has 7 heteroatoms. The van der Waals surface area contributed by atoms with Gasteiger partial charge >= 0.3 is 12.0 Å². The third kappa shape index (κ3) is 5.75. The predicted octanol–water partition coefficient (Wildman–Crippen LogP) is -0.0970. The number of aliphatic hydroxyl groups excluding tert-OH is 1. The highest BCUT2D eigenvalue weighted by molar-refractivity contribution is 5.74. The summed E-state index contributed by atoms with van der Waals surface area (Å²) in [5.74, 6) is -0.828. The Balaban J connectivity index is 2.25. The summed E-state index contributed by atoms with van der Waals surface area (Å²) in [4.78, 5) is 28.1. The van der Waals surface area contributed by atoms with Gasteiger partial charge in [0.25, 0.3) is 0 Å². The summed E-state index contributed by atoms with van der Waals surface area (Å²) in [6.07, 6.45) is 2.58. The fourth-order valence-corrected chi connectivity index (χ4v) is 2.26. The van der Waals surface area contributed by atoms with Crippen molar-refractivity contribution in [1.82, 2.24) is 14.7 Å². The van der Waals surface area contributed by atoms with Gasteiger partial charge < -0.3 is 20.0 Å². The molecular weight excluding hydrogens is 262 g/mol. The minimum absolute atomic E-state index is 0.00368. The van der Waals surface area contributed by atoms with Crippen molar-refractivity contribution in [3.05, 3.63) is 0 Å². The minimum atomic E-state index is -0.828. The first-order chi connectivity index (χ1) is 9.54. The summed E-state index contributed by atoms with van der Waals surface area (Å²) in [6.45, 7) is 3.30. The molecule has 1 fully saturated rings. The fraction of sp³-hybridized carbons (Fsp3) is 0.846. The highest BCUT2D eigenvalue weighted by atomic mass is 16.4. The van der Waals surface area contributed by atoms with E-state index in [1.807, 2.05) is 4.90 Å². The molecule has 0 atom stereocenters. The van der Waals surface area contributed by atoms with Gasteiger partial charge in [0.2, 0.25) is 0 Å². The van der Waals surface area contributed by atoms with Gasteiger partial charge in [-0.05, 0) is 19.3 Å². The Bertz CT molecular complexity index is 317. The molecule has 20 heavy (non-hydrogen) atoms. The number of carboxylic acids is 1. The van der Waals surface area contributed by atoms with E-state index in [4.69, 9.17) is 10.2 Å². The van der Waals surface area contributed by atoms with Crippen LogP contribution in [0.4, 0.5) is 4.79 Å². The van der Waals surface area contributed by atoms with Crippen molar-refractivity contribution in [1.29, 1.82) is 0 Å². The lowest BCUT2D eigenvalue weighted by Gasteiger charge is -2.36. The SMILES string of the molecule is CN(CCCCCO)C(=O)N1CCN(CC(=O)O)CC1. The largest absolute Gasteiger partial charge is 0.480 e. The molecule has 0 saturated carbocycles. The van der Waals surface area contributed by atoms with Gasteiger partial charge in [0.15, 0.2) is 0 Å². The summed E-state index contributed by atoms with van der Waals surface area (Å²) in [5, 5.41) is 17.4. The molecule has 1 saturated heterocycles. The summed E-state index contributed by atoms with van der Waals surface area (Å²) in [6, 6.07) is 0.00368. The Morgan fingerprint density at radius 1 is 1.10 bits per heavy atom. The molecule has 0 aliphatic carbocycles. The lowest BCUT2D eigenvalue weighted by atomic mass is 10.2. The van der Waals surface area contributed by atoms with Crippen molar-refractivity contribution in [2.75, 3.05) is 52.9 Å². The molecule has 116 valence electrons. The van der Waals surface area contributed by atoms with Crippen molar-refractivity contribution in [2.24, 2.45) is 0 Å². The van der Waals surface area contributed by atoms with E-state index in [2.05, 4.69) is 0 Å². The number of carboxylic acid groups (broad SMARTS) is 1. The standard InChI is InChI=1S/C13H25N3O4/c1-14(5-3-2-4-10-17)13(20)16-8-6-15(7-9-16)11-12(18)19/h17H,2-11H2,1H3,(H,18,19). The maximum atomic E-state index is 12.2. The van der Waals surface area contributed by atoms with Crippen LogP contribution in [-0.4, -0.2) is 89.8 Å². The molecule has 0 aromatic heterocycles. The Hall–Kier alpha value is -1.34. The van der Waals surface area contributed by atoms with Crippen molar-refractivity contribution in [3.63, 3.8) is 0 Å². The second-order valence-electron chi connectivity index (χ2n) is 5.15. The monoisotopic (exact) mass is 287 g/mol.